The van der Waals surface area contributed by atoms with E-state index in [1.807, 2.05) is 26.0 Å². The zero-order valence-corrected chi connectivity index (χ0v) is 25.3. The molecular weight excluding hydrogens is 589 g/mol. The molecule has 0 bridgehead atoms. The van der Waals surface area contributed by atoms with Crippen LogP contribution in [0.2, 0.25) is 0 Å². The Morgan fingerprint density at radius 3 is 2.42 bits per heavy atom. The Bertz CT molecular complexity index is 1870. The van der Waals surface area contributed by atoms with Crippen LogP contribution in [0.15, 0.2) is 42.9 Å². The highest BCUT2D eigenvalue weighted by atomic mass is 19.4. The van der Waals surface area contributed by atoms with Crippen molar-refractivity contribution < 1.29 is 32.3 Å². The molecule has 4 heterocycles. The van der Waals surface area contributed by atoms with Gasteiger partial charge in [0.25, 0.3) is 0 Å². The van der Waals surface area contributed by atoms with Gasteiger partial charge in [-0.05, 0) is 74.8 Å². The molecule has 6 rings (SSSR count). The molecule has 13 heteroatoms. The molecular formula is C32H31F3N6O4. The van der Waals surface area contributed by atoms with Crippen molar-refractivity contribution in [3.63, 3.8) is 0 Å². The summed E-state index contributed by atoms with van der Waals surface area (Å²) in [5.41, 5.74) is 3.86. The van der Waals surface area contributed by atoms with Crippen LogP contribution in [0.4, 0.5) is 19.0 Å². The van der Waals surface area contributed by atoms with Gasteiger partial charge in [0.15, 0.2) is 5.78 Å². The van der Waals surface area contributed by atoms with Crippen molar-refractivity contribution in [2.75, 3.05) is 5.32 Å². The van der Waals surface area contributed by atoms with E-state index in [1.54, 1.807) is 41.9 Å². The maximum atomic E-state index is 14.0. The van der Waals surface area contributed by atoms with E-state index in [2.05, 4.69) is 25.0 Å². The standard InChI is InChI=1S/C32H31F3N6O4/c1-16-6-7-26(45-32(33,34)35)38-29(16)39-30(44)24-10-31(5)11-25(31)41(24)27(43)15-40-14-23(18(3)42)22-9-20(8-17(2)28(22)40)21-12-36-19(4)37-13-21/h6-9,12-14,24-25H,10-11,15H2,1-5H3,(H,38,39,44)/t24-,25?,31-/m0/s1. The molecule has 1 aromatic carbocycles. The van der Waals surface area contributed by atoms with Crippen LogP contribution < -0.4 is 10.1 Å². The molecule has 3 atom stereocenters. The fourth-order valence-corrected chi connectivity index (χ4v) is 6.37. The van der Waals surface area contributed by atoms with Crippen molar-refractivity contribution in [3.05, 3.63) is 65.4 Å². The fraction of sp³-hybridized carbons (Fsp3) is 0.375. The number of nitrogens with one attached hydrogen (secondary N) is 1. The zero-order valence-electron chi connectivity index (χ0n) is 25.3. The van der Waals surface area contributed by atoms with Crippen molar-refractivity contribution in [2.24, 2.45) is 5.41 Å². The number of nitrogens with zero attached hydrogens (tertiary/aromatic N) is 5. The minimum atomic E-state index is -4.94. The van der Waals surface area contributed by atoms with Gasteiger partial charge in [-0.2, -0.15) is 4.98 Å². The summed E-state index contributed by atoms with van der Waals surface area (Å²) in [5, 5.41) is 3.31. The first-order valence-electron chi connectivity index (χ1n) is 14.4. The van der Waals surface area contributed by atoms with Crippen molar-refractivity contribution >= 4 is 34.3 Å². The first kappa shape index (κ1) is 30.2. The quantitative estimate of drug-likeness (QED) is 0.270. The molecule has 3 aromatic heterocycles. The first-order valence-corrected chi connectivity index (χ1v) is 14.4. The van der Waals surface area contributed by atoms with Gasteiger partial charge in [0.2, 0.25) is 17.7 Å². The molecule has 2 fully saturated rings. The second kappa shape index (κ2) is 10.7. The number of carbonyl (C=O) groups is 3. The van der Waals surface area contributed by atoms with Gasteiger partial charge < -0.3 is 19.5 Å². The lowest BCUT2D eigenvalue weighted by molar-refractivity contribution is -0.276. The van der Waals surface area contributed by atoms with E-state index in [-0.39, 0.29) is 35.5 Å². The number of hydrogen-bond donors (Lipinski definition) is 1. The number of amides is 2. The van der Waals surface area contributed by atoms with Crippen LogP contribution >= 0.6 is 0 Å². The van der Waals surface area contributed by atoms with Gasteiger partial charge in [-0.25, -0.2) is 9.97 Å². The van der Waals surface area contributed by atoms with Gasteiger partial charge in [0.05, 0.1) is 5.52 Å². The van der Waals surface area contributed by atoms with E-state index in [0.29, 0.717) is 28.8 Å². The van der Waals surface area contributed by atoms with E-state index >= 15 is 0 Å². The number of anilines is 1. The lowest BCUT2D eigenvalue weighted by Crippen LogP contribution is -2.46. The highest BCUT2D eigenvalue weighted by Crippen LogP contribution is 2.59. The third-order valence-corrected chi connectivity index (χ3v) is 8.72. The van der Waals surface area contributed by atoms with Crippen molar-refractivity contribution in [3.8, 4) is 17.0 Å². The molecule has 1 saturated carbocycles. The van der Waals surface area contributed by atoms with Crippen LogP contribution in [0.5, 0.6) is 5.88 Å². The number of ether oxygens (including phenoxy) is 1. The van der Waals surface area contributed by atoms with Crippen LogP contribution in [0.25, 0.3) is 22.0 Å². The van der Waals surface area contributed by atoms with E-state index < -0.39 is 24.2 Å². The average molecular weight is 621 g/mol. The summed E-state index contributed by atoms with van der Waals surface area (Å²) in [5.74, 6) is -1.14. The molecule has 45 heavy (non-hydrogen) atoms. The molecule has 1 N–H and O–H groups in total. The Hall–Kier alpha value is -4.81. The molecule has 234 valence electrons. The summed E-state index contributed by atoms with van der Waals surface area (Å²) in [7, 11) is 0. The summed E-state index contributed by atoms with van der Waals surface area (Å²) in [6.07, 6.45) is 1.31. The topological polar surface area (TPSA) is 119 Å². The molecule has 1 aliphatic carbocycles. The van der Waals surface area contributed by atoms with Crippen LogP contribution in [0.1, 0.15) is 54.0 Å². The van der Waals surface area contributed by atoms with Crippen molar-refractivity contribution in [1.82, 2.24) is 24.4 Å². The largest absolute Gasteiger partial charge is 0.574 e. The summed E-state index contributed by atoms with van der Waals surface area (Å²) in [6.45, 7) is 8.66. The fourth-order valence-electron chi connectivity index (χ4n) is 6.37. The minimum absolute atomic E-state index is 0.0761. The normalized spacial score (nSPS) is 20.7. The number of pyridine rings is 1. The lowest BCUT2D eigenvalue weighted by atomic mass is 10.0. The highest BCUT2D eigenvalue weighted by molar-refractivity contribution is 6.09. The summed E-state index contributed by atoms with van der Waals surface area (Å²) >= 11 is 0. The van der Waals surface area contributed by atoms with E-state index in [4.69, 9.17) is 0 Å². The van der Waals surface area contributed by atoms with Gasteiger partial charge in [0.1, 0.15) is 24.2 Å². The Balaban J connectivity index is 1.28. The molecule has 4 aromatic rings. The van der Waals surface area contributed by atoms with Crippen molar-refractivity contribution in [2.45, 2.75) is 72.5 Å². The highest BCUT2D eigenvalue weighted by Gasteiger charge is 2.64. The predicted octanol–water partition coefficient (Wildman–Crippen LogP) is 5.54. The number of halogens is 3. The maximum Gasteiger partial charge on any atom is 0.574 e. The molecule has 0 radical (unpaired) electrons. The molecule has 10 nitrogen and oxygen atoms in total. The van der Waals surface area contributed by atoms with Gasteiger partial charge in [-0.1, -0.05) is 13.0 Å². The summed E-state index contributed by atoms with van der Waals surface area (Å²) in [4.78, 5) is 54.1. The number of Topliss-reactive ketones (excluding diaryl/α,β-unsaturated/α-hetero) is 1. The van der Waals surface area contributed by atoms with Gasteiger partial charge in [0, 0.05) is 47.2 Å². The number of rotatable bonds is 7. The SMILES string of the molecule is CC(=O)c1cn(CC(=O)N2C3C[C@]3(C)C[C@H]2C(=O)Nc2nc(OC(F)(F)F)ccc2C)c2c(C)cc(-c3cnc(C)nc3)cc12. The van der Waals surface area contributed by atoms with Crippen LogP contribution in [-0.2, 0) is 16.1 Å². The third kappa shape index (κ3) is 5.74. The molecule has 1 unspecified atom stereocenters. The number of aryl methyl sites for hydroxylation is 3. The Morgan fingerprint density at radius 1 is 1.04 bits per heavy atom. The number of alkyl halides is 3. The number of aromatic nitrogens is 4. The third-order valence-electron chi connectivity index (χ3n) is 8.72. The first-order chi connectivity index (χ1) is 21.1. The Kier molecular flexibility index (Phi) is 7.17. The predicted molar refractivity (Wildman–Crippen MR) is 158 cm³/mol. The second-order valence-corrected chi connectivity index (χ2v) is 12.2. The zero-order chi connectivity index (χ0) is 32.4. The average Bonchev–Trinajstić information content (AvgIpc) is 3.30. The van der Waals surface area contributed by atoms with Gasteiger partial charge >= 0.3 is 6.36 Å². The number of likely N-dealkylation sites (tertiary alicyclic amines) is 1. The monoisotopic (exact) mass is 620 g/mol. The number of ketones is 1. The molecule has 0 spiro atoms. The lowest BCUT2D eigenvalue weighted by Gasteiger charge is -2.27. The van der Waals surface area contributed by atoms with Gasteiger partial charge in [-0.15, -0.1) is 13.2 Å². The Labute approximate surface area is 256 Å². The van der Waals surface area contributed by atoms with Crippen LogP contribution in [0, 0.1) is 26.2 Å². The van der Waals surface area contributed by atoms with Gasteiger partial charge in [-0.3, -0.25) is 14.4 Å². The number of fused-ring (bicyclic) bond motifs is 2. The smallest absolute Gasteiger partial charge is 0.388 e. The minimum Gasteiger partial charge on any atom is -0.388 e. The summed E-state index contributed by atoms with van der Waals surface area (Å²) in [6, 6.07) is 5.28. The number of carbonyl (C=O) groups excluding carboxylic acids is 3. The number of piperidine rings is 1. The second-order valence-electron chi connectivity index (χ2n) is 12.2. The molecule has 2 amide bonds. The molecule has 2 aliphatic rings. The maximum absolute atomic E-state index is 14.0. The van der Waals surface area contributed by atoms with Crippen molar-refractivity contribution in [1.29, 1.82) is 0 Å². The molecule has 1 aliphatic heterocycles. The molecule has 1 saturated heterocycles. The van der Waals surface area contributed by atoms with E-state index in [9.17, 15) is 27.6 Å². The van der Waals surface area contributed by atoms with E-state index in [0.717, 1.165) is 34.7 Å². The van der Waals surface area contributed by atoms with Crippen LogP contribution in [-0.4, -0.2) is 60.5 Å². The van der Waals surface area contributed by atoms with Crippen LogP contribution in [0.3, 0.4) is 0 Å². The number of benzene rings is 1. The number of hydrogen-bond acceptors (Lipinski definition) is 7. The Morgan fingerprint density at radius 2 is 1.76 bits per heavy atom. The summed E-state index contributed by atoms with van der Waals surface area (Å²) < 4.78 is 43.9. The van der Waals surface area contributed by atoms with E-state index in [1.165, 1.54) is 13.0 Å².